The van der Waals surface area contributed by atoms with Crippen LogP contribution in [0.2, 0.25) is 0 Å². The number of carbonyl (C=O) groups is 1. The molecule has 0 saturated carbocycles. The molecule has 7 heteroatoms. The monoisotopic (exact) mass is 262 g/mol. The lowest BCUT2D eigenvalue weighted by Gasteiger charge is -2.12. The van der Waals surface area contributed by atoms with Crippen LogP contribution in [0.25, 0.3) is 0 Å². The molecule has 0 heterocycles. The van der Waals surface area contributed by atoms with Gasteiger partial charge in [-0.25, -0.2) is 0 Å². The summed E-state index contributed by atoms with van der Waals surface area (Å²) in [5.41, 5.74) is 4.16. The highest BCUT2D eigenvalue weighted by atomic mass is 19.4. The zero-order valence-corrected chi connectivity index (χ0v) is 9.58. The lowest BCUT2D eigenvalue weighted by molar-refractivity contribution is -0.138. The van der Waals surface area contributed by atoms with Crippen molar-refractivity contribution < 1.29 is 23.1 Å². The average molecular weight is 262 g/mol. The normalized spacial score (nSPS) is 13.2. The molecule has 1 aromatic carbocycles. The molecule has 0 saturated heterocycles. The Bertz CT molecular complexity index is 444. The minimum Gasteiger partial charge on any atom is -0.507 e. The summed E-state index contributed by atoms with van der Waals surface area (Å²) in [5, 5.41) is 11.4. The van der Waals surface area contributed by atoms with Crippen molar-refractivity contribution in [2.45, 2.75) is 25.6 Å². The average Bonchev–Trinajstić information content (AvgIpc) is 2.17. The number of rotatable bonds is 3. The summed E-state index contributed by atoms with van der Waals surface area (Å²) in [5.74, 6) is -1.36. The Morgan fingerprint density at radius 2 is 2.11 bits per heavy atom. The van der Waals surface area contributed by atoms with Gasteiger partial charge in [0.05, 0.1) is 5.56 Å². The summed E-state index contributed by atoms with van der Waals surface area (Å²) >= 11 is 0. The molecule has 100 valence electrons. The summed E-state index contributed by atoms with van der Waals surface area (Å²) in [4.78, 5) is 11.3. The number of hydrogen-bond acceptors (Lipinski definition) is 3. The minimum absolute atomic E-state index is 0.00221. The van der Waals surface area contributed by atoms with Gasteiger partial charge in [0.25, 0.3) is 0 Å². The number of phenols is 1. The van der Waals surface area contributed by atoms with Crippen molar-refractivity contribution in [2.24, 2.45) is 5.73 Å². The molecule has 1 aromatic rings. The smallest absolute Gasteiger partial charge is 0.420 e. The Labute approximate surface area is 102 Å². The number of anilines is 1. The fourth-order valence-electron chi connectivity index (χ4n) is 1.35. The van der Waals surface area contributed by atoms with Crippen LogP contribution >= 0.6 is 0 Å². The number of hydrogen-bond donors (Lipinski definition) is 3. The molecule has 1 unspecified atom stereocenters. The predicted molar refractivity (Wildman–Crippen MR) is 60.0 cm³/mol. The van der Waals surface area contributed by atoms with Gasteiger partial charge >= 0.3 is 6.18 Å². The summed E-state index contributed by atoms with van der Waals surface area (Å²) in [6.07, 6.45) is -4.67. The van der Waals surface area contributed by atoms with Gasteiger partial charge in [-0.2, -0.15) is 13.2 Å². The first-order chi connectivity index (χ1) is 8.20. The van der Waals surface area contributed by atoms with Gasteiger partial charge in [0.15, 0.2) is 0 Å². The Kier molecular flexibility index (Phi) is 4.18. The van der Waals surface area contributed by atoms with E-state index in [2.05, 4.69) is 5.32 Å². The Morgan fingerprint density at radius 3 is 2.61 bits per heavy atom. The van der Waals surface area contributed by atoms with E-state index in [0.717, 1.165) is 6.07 Å². The maximum absolute atomic E-state index is 12.5. The van der Waals surface area contributed by atoms with Crippen molar-refractivity contribution in [3.05, 3.63) is 23.8 Å². The molecule has 1 rings (SSSR count). The van der Waals surface area contributed by atoms with Gasteiger partial charge in [-0.1, -0.05) is 0 Å². The molecule has 1 amide bonds. The van der Waals surface area contributed by atoms with E-state index in [9.17, 15) is 18.0 Å². The van der Waals surface area contributed by atoms with E-state index in [1.807, 2.05) is 0 Å². The molecule has 0 bridgehead atoms. The first-order valence-electron chi connectivity index (χ1n) is 5.16. The molecule has 0 aliphatic heterocycles. The van der Waals surface area contributed by atoms with Gasteiger partial charge < -0.3 is 16.2 Å². The topological polar surface area (TPSA) is 75.4 Å². The molecule has 4 nitrogen and oxygen atoms in total. The highest BCUT2D eigenvalue weighted by Crippen LogP contribution is 2.37. The molecule has 1 atom stereocenters. The number of alkyl halides is 3. The molecule has 18 heavy (non-hydrogen) atoms. The fraction of sp³-hybridized carbons (Fsp3) is 0.364. The van der Waals surface area contributed by atoms with Crippen LogP contribution < -0.4 is 11.1 Å². The predicted octanol–water partition coefficient (Wildman–Crippen LogP) is 2.09. The highest BCUT2D eigenvalue weighted by molar-refractivity contribution is 5.91. The van der Waals surface area contributed by atoms with Crippen molar-refractivity contribution in [3.8, 4) is 5.75 Å². The van der Waals surface area contributed by atoms with Crippen molar-refractivity contribution >= 4 is 11.6 Å². The number of nitrogens with one attached hydrogen (secondary N) is 1. The molecular weight excluding hydrogens is 249 g/mol. The molecular formula is C11H13F3N2O2. The number of phenolic OH excluding ortho intramolecular Hbond substituents is 1. The van der Waals surface area contributed by atoms with E-state index in [4.69, 9.17) is 10.8 Å². The first-order valence-corrected chi connectivity index (χ1v) is 5.16. The molecule has 0 fully saturated rings. The van der Waals surface area contributed by atoms with Gasteiger partial charge in [0, 0.05) is 18.2 Å². The maximum atomic E-state index is 12.5. The second-order valence-electron chi connectivity index (χ2n) is 3.96. The molecule has 0 aliphatic carbocycles. The van der Waals surface area contributed by atoms with Gasteiger partial charge in [-0.3, -0.25) is 4.79 Å². The first kappa shape index (κ1) is 14.3. The van der Waals surface area contributed by atoms with E-state index in [0.29, 0.717) is 6.07 Å². The molecule has 0 spiro atoms. The van der Waals surface area contributed by atoms with Crippen LogP contribution in [0.1, 0.15) is 18.9 Å². The Balaban J connectivity index is 2.89. The zero-order valence-electron chi connectivity index (χ0n) is 9.58. The third kappa shape index (κ3) is 3.92. The van der Waals surface area contributed by atoms with Crippen LogP contribution in [-0.2, 0) is 11.0 Å². The SMILES string of the molecule is CC(N)CC(=O)Nc1ccc(O)c(C(F)(F)F)c1. The highest BCUT2D eigenvalue weighted by Gasteiger charge is 2.34. The fourth-order valence-corrected chi connectivity index (χ4v) is 1.35. The van der Waals surface area contributed by atoms with E-state index in [1.165, 1.54) is 6.07 Å². The van der Waals surface area contributed by atoms with E-state index in [1.54, 1.807) is 6.92 Å². The second kappa shape index (κ2) is 5.26. The third-order valence-electron chi connectivity index (χ3n) is 2.09. The van der Waals surface area contributed by atoms with Gasteiger partial charge in [-0.05, 0) is 25.1 Å². The number of nitrogens with two attached hydrogens (primary N) is 1. The van der Waals surface area contributed by atoms with Crippen molar-refractivity contribution in [1.29, 1.82) is 0 Å². The van der Waals surface area contributed by atoms with Crippen LogP contribution in [0.5, 0.6) is 5.75 Å². The molecule has 0 radical (unpaired) electrons. The molecule has 0 aliphatic rings. The van der Waals surface area contributed by atoms with Crippen molar-refractivity contribution in [1.82, 2.24) is 0 Å². The number of carbonyl (C=O) groups excluding carboxylic acids is 1. The van der Waals surface area contributed by atoms with Gasteiger partial charge in [0.1, 0.15) is 5.75 Å². The summed E-state index contributed by atoms with van der Waals surface area (Å²) in [6.45, 7) is 1.61. The molecule has 0 aromatic heterocycles. The van der Waals surface area contributed by atoms with Crippen LogP contribution in [0.4, 0.5) is 18.9 Å². The summed E-state index contributed by atoms with van der Waals surface area (Å²) < 4.78 is 37.5. The summed E-state index contributed by atoms with van der Waals surface area (Å²) in [6, 6.07) is 2.35. The van der Waals surface area contributed by atoms with Crippen LogP contribution in [-0.4, -0.2) is 17.1 Å². The quantitative estimate of drug-likeness (QED) is 0.730. The number of halogens is 3. The standard InChI is InChI=1S/C11H13F3N2O2/c1-6(15)4-10(18)16-7-2-3-9(17)8(5-7)11(12,13)14/h2-3,5-6,17H,4,15H2,1H3,(H,16,18). The second-order valence-corrected chi connectivity index (χ2v) is 3.96. The maximum Gasteiger partial charge on any atom is 0.420 e. The molecule has 4 N–H and O–H groups in total. The van der Waals surface area contributed by atoms with Gasteiger partial charge in [-0.15, -0.1) is 0 Å². The van der Waals surface area contributed by atoms with Crippen molar-refractivity contribution in [2.75, 3.05) is 5.32 Å². The lowest BCUT2D eigenvalue weighted by Crippen LogP contribution is -2.24. The lowest BCUT2D eigenvalue weighted by atomic mass is 10.1. The van der Waals surface area contributed by atoms with E-state index < -0.39 is 23.4 Å². The third-order valence-corrected chi connectivity index (χ3v) is 2.09. The minimum atomic E-state index is -4.67. The number of aromatic hydroxyl groups is 1. The van der Waals surface area contributed by atoms with Gasteiger partial charge in [0.2, 0.25) is 5.91 Å². The zero-order chi connectivity index (χ0) is 13.9. The Morgan fingerprint density at radius 1 is 1.50 bits per heavy atom. The number of benzene rings is 1. The van der Waals surface area contributed by atoms with E-state index in [-0.39, 0.29) is 18.2 Å². The number of amides is 1. The Hall–Kier alpha value is -1.76. The van der Waals surface area contributed by atoms with Crippen LogP contribution in [0.3, 0.4) is 0 Å². The van der Waals surface area contributed by atoms with E-state index >= 15 is 0 Å². The van der Waals surface area contributed by atoms with Crippen molar-refractivity contribution in [3.63, 3.8) is 0 Å². The largest absolute Gasteiger partial charge is 0.507 e. The van der Waals surface area contributed by atoms with Crippen LogP contribution in [0, 0.1) is 0 Å². The summed E-state index contributed by atoms with van der Waals surface area (Å²) in [7, 11) is 0. The van der Waals surface area contributed by atoms with Crippen LogP contribution in [0.15, 0.2) is 18.2 Å².